The van der Waals surface area contributed by atoms with E-state index < -0.39 is 11.7 Å². The number of hydrogen-bond donors (Lipinski definition) is 0. The largest absolute Gasteiger partial charge is 0.469 e. The molecule has 2 atom stereocenters. The molecule has 1 saturated heterocycles. The summed E-state index contributed by atoms with van der Waals surface area (Å²) < 4.78 is 15.3. The Kier molecular flexibility index (Phi) is 5.80. The minimum absolute atomic E-state index is 0.0595. The summed E-state index contributed by atoms with van der Waals surface area (Å²) in [6, 6.07) is -0.0595. The lowest BCUT2D eigenvalue weighted by atomic mass is 9.93. The molecule has 0 bridgehead atoms. The predicted molar refractivity (Wildman–Crippen MR) is 73.3 cm³/mol. The van der Waals surface area contributed by atoms with Crippen molar-refractivity contribution in [1.82, 2.24) is 4.90 Å². The molecule has 0 aromatic heterocycles. The van der Waals surface area contributed by atoms with Gasteiger partial charge in [-0.15, -0.1) is 0 Å². The van der Waals surface area contributed by atoms with Crippen molar-refractivity contribution < 1.29 is 23.8 Å². The van der Waals surface area contributed by atoms with Crippen molar-refractivity contribution in [2.24, 2.45) is 5.92 Å². The van der Waals surface area contributed by atoms with Gasteiger partial charge in [0.2, 0.25) is 0 Å². The maximum atomic E-state index is 12.3. The number of methoxy groups -OCH3 is 2. The summed E-state index contributed by atoms with van der Waals surface area (Å²) in [5.74, 6) is -0.574. The molecule has 0 aliphatic carbocycles. The number of carbonyl (C=O) groups is 2. The van der Waals surface area contributed by atoms with Crippen LogP contribution in [0.3, 0.4) is 0 Å². The molecular formula is C14H25NO5. The van der Waals surface area contributed by atoms with Gasteiger partial charge in [-0.05, 0) is 33.6 Å². The highest BCUT2D eigenvalue weighted by Gasteiger charge is 2.37. The maximum absolute atomic E-state index is 12.3. The molecule has 0 radical (unpaired) electrons. The molecule has 6 nitrogen and oxygen atoms in total. The summed E-state index contributed by atoms with van der Waals surface area (Å²) in [6.07, 6.45) is 0.987. The van der Waals surface area contributed by atoms with Crippen LogP contribution in [0.15, 0.2) is 0 Å². The zero-order valence-corrected chi connectivity index (χ0v) is 13.0. The molecule has 0 saturated carbocycles. The summed E-state index contributed by atoms with van der Waals surface area (Å²) in [4.78, 5) is 25.5. The fraction of sp³-hybridized carbons (Fsp3) is 0.857. The van der Waals surface area contributed by atoms with E-state index in [4.69, 9.17) is 14.2 Å². The first kappa shape index (κ1) is 16.8. The zero-order chi connectivity index (χ0) is 15.3. The van der Waals surface area contributed by atoms with E-state index in [1.165, 1.54) is 7.11 Å². The minimum Gasteiger partial charge on any atom is -0.469 e. The third-order valence-corrected chi connectivity index (χ3v) is 3.23. The molecule has 0 N–H and O–H groups in total. The summed E-state index contributed by atoms with van der Waals surface area (Å²) in [6.45, 7) is 6.20. The van der Waals surface area contributed by atoms with Gasteiger partial charge in [-0.3, -0.25) is 4.79 Å². The molecule has 1 amide bonds. The van der Waals surface area contributed by atoms with Crippen molar-refractivity contribution in [3.8, 4) is 0 Å². The zero-order valence-electron chi connectivity index (χ0n) is 13.0. The Morgan fingerprint density at radius 2 is 1.85 bits per heavy atom. The Hall–Kier alpha value is -1.30. The molecule has 0 aromatic carbocycles. The molecule has 1 rings (SSSR count). The van der Waals surface area contributed by atoms with Crippen molar-refractivity contribution >= 4 is 12.1 Å². The molecule has 116 valence electrons. The molecule has 2 unspecified atom stereocenters. The summed E-state index contributed by atoms with van der Waals surface area (Å²) in [5.41, 5.74) is -0.563. The number of hydrogen-bond acceptors (Lipinski definition) is 5. The van der Waals surface area contributed by atoms with Crippen LogP contribution in [0.5, 0.6) is 0 Å². The van der Waals surface area contributed by atoms with E-state index in [9.17, 15) is 9.59 Å². The Morgan fingerprint density at radius 1 is 1.20 bits per heavy atom. The van der Waals surface area contributed by atoms with Gasteiger partial charge in [0, 0.05) is 13.7 Å². The second-order valence-corrected chi connectivity index (χ2v) is 6.04. The van der Waals surface area contributed by atoms with E-state index in [-0.39, 0.29) is 17.9 Å². The molecular weight excluding hydrogens is 262 g/mol. The number of likely N-dealkylation sites (tertiary alicyclic amines) is 1. The van der Waals surface area contributed by atoms with Gasteiger partial charge in [0.25, 0.3) is 0 Å². The van der Waals surface area contributed by atoms with Crippen LogP contribution in [0, 0.1) is 5.92 Å². The molecule has 0 aromatic rings. The molecule has 1 heterocycles. The fourth-order valence-corrected chi connectivity index (χ4v) is 2.30. The van der Waals surface area contributed by atoms with Crippen molar-refractivity contribution in [3.63, 3.8) is 0 Å². The van der Waals surface area contributed by atoms with Crippen LogP contribution in [-0.4, -0.2) is 56.0 Å². The fourth-order valence-electron chi connectivity index (χ4n) is 2.30. The Morgan fingerprint density at radius 3 is 2.35 bits per heavy atom. The third-order valence-electron chi connectivity index (χ3n) is 3.23. The van der Waals surface area contributed by atoms with Crippen LogP contribution >= 0.6 is 0 Å². The first-order valence-corrected chi connectivity index (χ1v) is 6.85. The van der Waals surface area contributed by atoms with Crippen LogP contribution in [0.25, 0.3) is 0 Å². The second-order valence-electron chi connectivity index (χ2n) is 6.04. The van der Waals surface area contributed by atoms with Gasteiger partial charge < -0.3 is 19.1 Å². The molecule has 1 aliphatic rings. The number of esters is 1. The molecule has 6 heteroatoms. The molecule has 1 aliphatic heterocycles. The Bertz CT molecular complexity index is 350. The normalized spacial score (nSPS) is 23.4. The monoisotopic (exact) mass is 287 g/mol. The van der Waals surface area contributed by atoms with Crippen LogP contribution in [0.4, 0.5) is 4.79 Å². The van der Waals surface area contributed by atoms with Gasteiger partial charge in [-0.25, -0.2) is 4.79 Å². The van der Waals surface area contributed by atoms with E-state index in [1.54, 1.807) is 12.0 Å². The number of ether oxygens (including phenoxy) is 3. The lowest BCUT2D eigenvalue weighted by molar-refractivity contribution is -0.148. The van der Waals surface area contributed by atoms with Crippen LogP contribution in [0.2, 0.25) is 0 Å². The predicted octanol–water partition coefficient (Wildman–Crippen LogP) is 1.82. The highest BCUT2D eigenvalue weighted by atomic mass is 16.6. The average molecular weight is 287 g/mol. The summed E-state index contributed by atoms with van der Waals surface area (Å²) >= 11 is 0. The van der Waals surface area contributed by atoms with E-state index in [0.717, 1.165) is 0 Å². The van der Waals surface area contributed by atoms with E-state index in [1.807, 2.05) is 20.8 Å². The van der Waals surface area contributed by atoms with Crippen LogP contribution < -0.4 is 0 Å². The van der Waals surface area contributed by atoms with Crippen LogP contribution in [0.1, 0.15) is 33.6 Å². The van der Waals surface area contributed by atoms with E-state index in [0.29, 0.717) is 26.0 Å². The van der Waals surface area contributed by atoms with Crippen LogP contribution in [-0.2, 0) is 19.0 Å². The number of rotatable bonds is 3. The van der Waals surface area contributed by atoms with E-state index in [2.05, 4.69) is 0 Å². The van der Waals surface area contributed by atoms with Crippen molar-refractivity contribution in [2.45, 2.75) is 45.3 Å². The number of amides is 1. The maximum Gasteiger partial charge on any atom is 0.410 e. The number of nitrogens with zero attached hydrogens (tertiary/aromatic N) is 1. The summed E-state index contributed by atoms with van der Waals surface area (Å²) in [7, 11) is 2.96. The first-order chi connectivity index (χ1) is 9.28. The van der Waals surface area contributed by atoms with Crippen molar-refractivity contribution in [2.75, 3.05) is 27.4 Å². The van der Waals surface area contributed by atoms with Gasteiger partial charge in [0.15, 0.2) is 0 Å². The number of carbonyl (C=O) groups excluding carboxylic acids is 2. The van der Waals surface area contributed by atoms with Gasteiger partial charge in [0.1, 0.15) is 5.60 Å². The Labute approximate surface area is 120 Å². The highest BCUT2D eigenvalue weighted by molar-refractivity contribution is 5.75. The van der Waals surface area contributed by atoms with Crippen molar-refractivity contribution in [3.05, 3.63) is 0 Å². The molecule has 0 spiro atoms. The lowest BCUT2D eigenvalue weighted by Gasteiger charge is -2.38. The van der Waals surface area contributed by atoms with E-state index >= 15 is 0 Å². The molecule has 1 fully saturated rings. The number of piperidine rings is 1. The SMILES string of the molecule is COCC1CCC(C(=O)OC)CN1C(=O)OC(C)(C)C. The minimum atomic E-state index is -0.563. The standard InChI is InChI=1S/C14H25NO5/c1-14(2,3)20-13(17)15-8-10(12(16)19-5)6-7-11(15)9-18-4/h10-11H,6-9H2,1-5H3. The molecule has 20 heavy (non-hydrogen) atoms. The van der Waals surface area contributed by atoms with Crippen molar-refractivity contribution in [1.29, 1.82) is 0 Å². The van der Waals surface area contributed by atoms with Gasteiger partial charge >= 0.3 is 12.1 Å². The quantitative estimate of drug-likeness (QED) is 0.741. The highest BCUT2D eigenvalue weighted by Crippen LogP contribution is 2.25. The topological polar surface area (TPSA) is 65.1 Å². The first-order valence-electron chi connectivity index (χ1n) is 6.85. The lowest BCUT2D eigenvalue weighted by Crippen LogP contribution is -2.51. The van der Waals surface area contributed by atoms with Gasteiger partial charge in [0.05, 0.1) is 25.7 Å². The Balaban J connectivity index is 2.77. The second kappa shape index (κ2) is 6.92. The third kappa shape index (κ3) is 4.67. The van der Waals surface area contributed by atoms with Gasteiger partial charge in [-0.2, -0.15) is 0 Å². The summed E-state index contributed by atoms with van der Waals surface area (Å²) in [5, 5.41) is 0. The smallest absolute Gasteiger partial charge is 0.410 e. The van der Waals surface area contributed by atoms with Gasteiger partial charge in [-0.1, -0.05) is 0 Å². The average Bonchev–Trinajstić information content (AvgIpc) is 2.36.